The summed E-state index contributed by atoms with van der Waals surface area (Å²) in [7, 11) is -3.86. The summed E-state index contributed by atoms with van der Waals surface area (Å²) in [5.41, 5.74) is 0.562. The van der Waals surface area contributed by atoms with E-state index in [1.54, 1.807) is 6.92 Å². The predicted molar refractivity (Wildman–Crippen MR) is 98.1 cm³/mol. The van der Waals surface area contributed by atoms with Crippen molar-refractivity contribution in [3.8, 4) is 0 Å². The van der Waals surface area contributed by atoms with Crippen LogP contribution in [0.25, 0.3) is 0 Å². The zero-order valence-corrected chi connectivity index (χ0v) is 15.1. The van der Waals surface area contributed by atoms with Gasteiger partial charge in [-0.15, -0.1) is 0 Å². The van der Waals surface area contributed by atoms with Gasteiger partial charge in [-0.25, -0.2) is 17.6 Å². The second-order valence-electron chi connectivity index (χ2n) is 5.21. The van der Waals surface area contributed by atoms with E-state index >= 15 is 0 Å². The highest BCUT2D eigenvalue weighted by Gasteiger charge is 2.14. The minimum Gasteiger partial charge on any atom is -0.463 e. The molecule has 0 bridgehead atoms. The molecule has 0 fully saturated rings. The largest absolute Gasteiger partial charge is 0.463 e. The molecular weight excluding hydrogens is 375 g/mol. The molecule has 0 aliphatic rings. The van der Waals surface area contributed by atoms with Crippen molar-refractivity contribution in [2.75, 3.05) is 16.6 Å². The van der Waals surface area contributed by atoms with Gasteiger partial charge in [0.25, 0.3) is 10.0 Å². The number of carbonyl (C=O) groups is 2. The molecule has 9 heteroatoms. The van der Waals surface area contributed by atoms with Crippen LogP contribution < -0.4 is 10.0 Å². The standard InChI is InChI=1S/C18H17FN2O5S/c1-2-26-18(23)12-11-17(22)20-14-7-9-16(10-8-14)27(24,25)21-15-5-3-13(19)4-6-15/h3-12,21H,2H2,1H3,(H,20,22). The first kappa shape index (κ1) is 20.1. The minimum absolute atomic E-state index is 0.0353. The quantitative estimate of drug-likeness (QED) is 0.557. The molecule has 0 aliphatic carbocycles. The zero-order valence-electron chi connectivity index (χ0n) is 14.3. The summed E-state index contributed by atoms with van der Waals surface area (Å²) in [6.07, 6.45) is 2.00. The number of anilines is 2. The number of esters is 1. The van der Waals surface area contributed by atoms with Crippen molar-refractivity contribution < 1.29 is 27.1 Å². The van der Waals surface area contributed by atoms with E-state index in [4.69, 9.17) is 0 Å². The van der Waals surface area contributed by atoms with Crippen molar-refractivity contribution in [1.82, 2.24) is 0 Å². The van der Waals surface area contributed by atoms with Gasteiger partial charge in [0, 0.05) is 23.5 Å². The summed E-state index contributed by atoms with van der Waals surface area (Å²) >= 11 is 0. The van der Waals surface area contributed by atoms with Crippen molar-refractivity contribution in [3.05, 3.63) is 66.5 Å². The Morgan fingerprint density at radius 1 is 1.00 bits per heavy atom. The Balaban J connectivity index is 2.02. The summed E-state index contributed by atoms with van der Waals surface area (Å²) in [5, 5.41) is 2.48. The molecule has 0 aromatic heterocycles. The van der Waals surface area contributed by atoms with Crippen LogP contribution in [0.5, 0.6) is 0 Å². The second kappa shape index (κ2) is 8.95. The monoisotopic (exact) mass is 392 g/mol. The number of nitrogens with one attached hydrogen (secondary N) is 2. The first-order valence-electron chi connectivity index (χ1n) is 7.84. The number of hydrogen-bond donors (Lipinski definition) is 2. The molecule has 2 N–H and O–H groups in total. The Morgan fingerprint density at radius 3 is 2.19 bits per heavy atom. The van der Waals surface area contributed by atoms with Crippen molar-refractivity contribution in [1.29, 1.82) is 0 Å². The van der Waals surface area contributed by atoms with Crippen molar-refractivity contribution in [3.63, 3.8) is 0 Å². The third-order valence-corrected chi connectivity index (χ3v) is 4.58. The van der Waals surface area contributed by atoms with Gasteiger partial charge in [0.05, 0.1) is 11.5 Å². The number of hydrogen-bond acceptors (Lipinski definition) is 5. The first-order valence-corrected chi connectivity index (χ1v) is 9.33. The highest BCUT2D eigenvalue weighted by atomic mass is 32.2. The number of carbonyl (C=O) groups excluding carboxylic acids is 2. The van der Waals surface area contributed by atoms with Crippen LogP contribution in [-0.4, -0.2) is 26.9 Å². The topological polar surface area (TPSA) is 102 Å². The molecule has 7 nitrogen and oxygen atoms in total. The molecule has 27 heavy (non-hydrogen) atoms. The van der Waals surface area contributed by atoms with Crippen molar-refractivity contribution in [2.24, 2.45) is 0 Å². The van der Waals surface area contributed by atoms with E-state index in [1.807, 2.05) is 0 Å². The lowest BCUT2D eigenvalue weighted by atomic mass is 10.3. The normalized spacial score (nSPS) is 11.2. The average molecular weight is 392 g/mol. The van der Waals surface area contributed by atoms with E-state index in [-0.39, 0.29) is 17.2 Å². The number of rotatable bonds is 7. The van der Waals surface area contributed by atoms with Gasteiger partial charge in [0.1, 0.15) is 5.82 Å². The molecule has 2 aromatic carbocycles. The number of amides is 1. The van der Waals surface area contributed by atoms with Gasteiger partial charge in [-0.1, -0.05) is 0 Å². The molecule has 0 aliphatic heterocycles. The fraction of sp³-hybridized carbons (Fsp3) is 0.111. The number of benzene rings is 2. The molecule has 0 radical (unpaired) electrons. The van der Waals surface area contributed by atoms with E-state index in [0.717, 1.165) is 24.3 Å². The Morgan fingerprint density at radius 2 is 1.59 bits per heavy atom. The lowest BCUT2D eigenvalue weighted by Gasteiger charge is -2.09. The van der Waals surface area contributed by atoms with Crippen LogP contribution in [0.2, 0.25) is 0 Å². The van der Waals surface area contributed by atoms with Crippen LogP contribution >= 0.6 is 0 Å². The van der Waals surface area contributed by atoms with Crippen molar-refractivity contribution >= 4 is 33.3 Å². The summed E-state index contributed by atoms with van der Waals surface area (Å²) in [4.78, 5) is 22.8. The van der Waals surface area contributed by atoms with Crippen LogP contribution in [0.1, 0.15) is 6.92 Å². The fourth-order valence-corrected chi connectivity index (χ4v) is 3.03. The predicted octanol–water partition coefficient (Wildman–Crippen LogP) is 2.68. The summed E-state index contributed by atoms with van der Waals surface area (Å²) in [5.74, 6) is -1.68. The molecule has 142 valence electrons. The van der Waals surface area contributed by atoms with Crippen LogP contribution in [-0.2, 0) is 24.3 Å². The van der Waals surface area contributed by atoms with Crippen LogP contribution in [0.15, 0.2) is 65.6 Å². The van der Waals surface area contributed by atoms with E-state index in [2.05, 4.69) is 14.8 Å². The number of sulfonamides is 1. The minimum atomic E-state index is -3.86. The van der Waals surface area contributed by atoms with Crippen LogP contribution in [0, 0.1) is 5.82 Å². The van der Waals surface area contributed by atoms with Crippen LogP contribution in [0.3, 0.4) is 0 Å². The zero-order chi connectivity index (χ0) is 19.9. The Hall–Kier alpha value is -3.20. The van der Waals surface area contributed by atoms with Gasteiger partial charge >= 0.3 is 5.97 Å². The number of halogens is 1. The molecule has 0 spiro atoms. The summed E-state index contributed by atoms with van der Waals surface area (Å²) in [6, 6.07) is 10.3. The first-order chi connectivity index (χ1) is 12.8. The van der Waals surface area contributed by atoms with Gasteiger partial charge in [-0.3, -0.25) is 9.52 Å². The lowest BCUT2D eigenvalue weighted by molar-refractivity contribution is -0.137. The fourth-order valence-electron chi connectivity index (χ4n) is 1.97. The van der Waals surface area contributed by atoms with Gasteiger partial charge < -0.3 is 10.1 Å². The highest BCUT2D eigenvalue weighted by molar-refractivity contribution is 7.92. The molecule has 0 saturated carbocycles. The van der Waals surface area contributed by atoms with E-state index in [9.17, 15) is 22.4 Å². The van der Waals surface area contributed by atoms with Crippen LogP contribution in [0.4, 0.5) is 15.8 Å². The molecule has 0 atom stereocenters. The van der Waals surface area contributed by atoms with Gasteiger partial charge in [0.2, 0.25) is 5.91 Å². The van der Waals surface area contributed by atoms with Gasteiger partial charge in [-0.05, 0) is 55.5 Å². The highest BCUT2D eigenvalue weighted by Crippen LogP contribution is 2.18. The van der Waals surface area contributed by atoms with Gasteiger partial charge in [0.15, 0.2) is 0 Å². The molecule has 0 unspecified atom stereocenters. The van der Waals surface area contributed by atoms with E-state index in [0.29, 0.717) is 5.69 Å². The molecule has 0 heterocycles. The van der Waals surface area contributed by atoms with E-state index < -0.39 is 27.7 Å². The number of ether oxygens (including phenoxy) is 1. The maximum Gasteiger partial charge on any atom is 0.330 e. The Labute approximate surface area is 155 Å². The molecule has 2 rings (SSSR count). The third-order valence-electron chi connectivity index (χ3n) is 3.19. The second-order valence-corrected chi connectivity index (χ2v) is 6.89. The SMILES string of the molecule is CCOC(=O)C=CC(=O)Nc1ccc(S(=O)(=O)Nc2ccc(F)cc2)cc1. The molecule has 0 saturated heterocycles. The summed E-state index contributed by atoms with van der Waals surface area (Å²) < 4.78 is 44.5. The lowest BCUT2D eigenvalue weighted by Crippen LogP contribution is -2.13. The average Bonchev–Trinajstić information content (AvgIpc) is 2.62. The van der Waals surface area contributed by atoms with Crippen molar-refractivity contribution in [2.45, 2.75) is 11.8 Å². The maximum atomic E-state index is 12.9. The Bertz CT molecular complexity index is 939. The third kappa shape index (κ3) is 6.23. The smallest absolute Gasteiger partial charge is 0.330 e. The summed E-state index contributed by atoms with van der Waals surface area (Å²) in [6.45, 7) is 1.85. The molecular formula is C18H17FN2O5S. The molecule has 2 aromatic rings. The maximum absolute atomic E-state index is 12.9. The Kier molecular flexibility index (Phi) is 6.67. The van der Waals surface area contributed by atoms with E-state index in [1.165, 1.54) is 36.4 Å². The molecule has 1 amide bonds. The van der Waals surface area contributed by atoms with Gasteiger partial charge in [-0.2, -0.15) is 0 Å².